The summed E-state index contributed by atoms with van der Waals surface area (Å²) in [4.78, 5) is 13.7. The fraction of sp³-hybridized carbons (Fsp3) is 0.278. The van der Waals surface area contributed by atoms with Gasteiger partial charge in [-0.15, -0.1) is 0 Å². The molecule has 1 heterocycles. The van der Waals surface area contributed by atoms with Crippen molar-refractivity contribution in [2.45, 2.75) is 24.2 Å². The summed E-state index contributed by atoms with van der Waals surface area (Å²) in [6.45, 7) is 0.619. The molecule has 4 rings (SSSR count). The highest BCUT2D eigenvalue weighted by molar-refractivity contribution is 7.92. The number of anilines is 2. The predicted octanol–water partition coefficient (Wildman–Crippen LogP) is 2.93. The predicted molar refractivity (Wildman–Crippen MR) is 92.4 cm³/mol. The van der Waals surface area contributed by atoms with Crippen molar-refractivity contribution in [3.05, 3.63) is 53.8 Å². The lowest BCUT2D eigenvalue weighted by atomic mass is 10.1. The Morgan fingerprint density at radius 1 is 1.16 bits per heavy atom. The van der Waals surface area contributed by atoms with Gasteiger partial charge in [0, 0.05) is 23.8 Å². The zero-order valence-electron chi connectivity index (χ0n) is 13.4. The van der Waals surface area contributed by atoms with Gasteiger partial charge in [-0.05, 0) is 55.2 Å². The molecule has 0 unspecified atom stereocenters. The van der Waals surface area contributed by atoms with Gasteiger partial charge in [0.25, 0.3) is 10.0 Å². The van der Waals surface area contributed by atoms with Crippen LogP contribution in [0.1, 0.15) is 18.4 Å². The zero-order valence-corrected chi connectivity index (χ0v) is 14.2. The maximum absolute atomic E-state index is 13.8. The van der Waals surface area contributed by atoms with Crippen LogP contribution < -0.4 is 9.62 Å². The number of nitrogens with one attached hydrogen (secondary N) is 1. The quantitative estimate of drug-likeness (QED) is 0.912. The highest BCUT2D eigenvalue weighted by atomic mass is 32.2. The van der Waals surface area contributed by atoms with Crippen LogP contribution in [-0.2, 0) is 21.2 Å². The Labute approximate surface area is 145 Å². The van der Waals surface area contributed by atoms with Crippen molar-refractivity contribution in [1.82, 2.24) is 0 Å². The normalized spacial score (nSPS) is 16.6. The summed E-state index contributed by atoms with van der Waals surface area (Å²) in [5.74, 6) is -0.499. The molecule has 1 amide bonds. The van der Waals surface area contributed by atoms with Crippen molar-refractivity contribution in [3.8, 4) is 0 Å². The van der Waals surface area contributed by atoms with E-state index >= 15 is 0 Å². The summed E-state index contributed by atoms with van der Waals surface area (Å²) in [6.07, 6.45) is 2.58. The number of sulfonamides is 1. The third kappa shape index (κ3) is 3.00. The van der Waals surface area contributed by atoms with E-state index in [1.165, 1.54) is 18.2 Å². The first-order valence-corrected chi connectivity index (χ1v) is 9.66. The van der Waals surface area contributed by atoms with E-state index in [0.29, 0.717) is 18.7 Å². The van der Waals surface area contributed by atoms with E-state index in [2.05, 4.69) is 4.72 Å². The van der Waals surface area contributed by atoms with Gasteiger partial charge in [0.15, 0.2) is 0 Å². The molecule has 1 N–H and O–H groups in total. The number of rotatable bonds is 4. The summed E-state index contributed by atoms with van der Waals surface area (Å²) in [5.41, 5.74) is 2.12. The van der Waals surface area contributed by atoms with E-state index in [4.69, 9.17) is 0 Å². The topological polar surface area (TPSA) is 66.5 Å². The molecule has 0 radical (unpaired) electrons. The Bertz CT molecular complexity index is 955. The lowest BCUT2D eigenvalue weighted by Gasteiger charge is -2.17. The maximum atomic E-state index is 13.8. The van der Waals surface area contributed by atoms with Gasteiger partial charge < -0.3 is 4.90 Å². The Hall–Kier alpha value is -2.41. The number of fused-ring (bicyclic) bond motifs is 1. The molecule has 2 aliphatic rings. The molecule has 1 aliphatic carbocycles. The van der Waals surface area contributed by atoms with E-state index in [1.54, 1.807) is 23.1 Å². The van der Waals surface area contributed by atoms with E-state index in [0.717, 1.165) is 30.2 Å². The van der Waals surface area contributed by atoms with Gasteiger partial charge in [-0.25, -0.2) is 12.8 Å². The average Bonchev–Trinajstić information content (AvgIpc) is 3.34. The van der Waals surface area contributed by atoms with Crippen molar-refractivity contribution >= 4 is 27.3 Å². The molecular formula is C18H17FN2O3S. The molecule has 25 heavy (non-hydrogen) atoms. The number of hydrogen-bond donors (Lipinski definition) is 1. The van der Waals surface area contributed by atoms with Gasteiger partial charge in [0.1, 0.15) is 10.7 Å². The van der Waals surface area contributed by atoms with Crippen LogP contribution in [0, 0.1) is 11.7 Å². The molecular weight excluding hydrogens is 343 g/mol. The second-order valence-electron chi connectivity index (χ2n) is 6.39. The summed E-state index contributed by atoms with van der Waals surface area (Å²) >= 11 is 0. The Kier molecular flexibility index (Phi) is 3.76. The number of amides is 1. The highest BCUT2D eigenvalue weighted by Crippen LogP contribution is 2.37. The largest absolute Gasteiger partial charge is 0.312 e. The lowest BCUT2D eigenvalue weighted by Crippen LogP contribution is -2.30. The number of carbonyl (C=O) groups is 1. The summed E-state index contributed by atoms with van der Waals surface area (Å²) in [6, 6.07) is 10.3. The standard InChI is InChI=1S/C18H17FN2O3S/c19-15-3-1-2-4-17(15)25(23,24)20-14-7-8-16-13(11-14)9-10-21(16)18(22)12-5-6-12/h1-4,7-8,11-12,20H,5-6,9-10H2. The molecule has 0 bridgehead atoms. The maximum Gasteiger partial charge on any atom is 0.264 e. The first-order valence-electron chi connectivity index (χ1n) is 8.17. The zero-order chi connectivity index (χ0) is 17.6. The molecule has 0 spiro atoms. The number of nitrogens with zero attached hydrogens (tertiary/aromatic N) is 1. The van der Waals surface area contributed by atoms with E-state index < -0.39 is 15.8 Å². The number of halogens is 1. The minimum atomic E-state index is -4.00. The second-order valence-corrected chi connectivity index (χ2v) is 8.04. The van der Waals surface area contributed by atoms with Crippen LogP contribution in [0.4, 0.5) is 15.8 Å². The monoisotopic (exact) mass is 360 g/mol. The minimum Gasteiger partial charge on any atom is -0.312 e. The Morgan fingerprint density at radius 2 is 1.92 bits per heavy atom. The number of benzene rings is 2. The van der Waals surface area contributed by atoms with Crippen LogP contribution in [0.5, 0.6) is 0 Å². The summed E-state index contributed by atoms with van der Waals surface area (Å²) < 4.78 is 40.9. The molecule has 0 atom stereocenters. The van der Waals surface area contributed by atoms with Gasteiger partial charge in [-0.3, -0.25) is 9.52 Å². The lowest BCUT2D eigenvalue weighted by molar-refractivity contribution is -0.119. The molecule has 5 nitrogen and oxygen atoms in total. The van der Waals surface area contributed by atoms with Crippen LogP contribution >= 0.6 is 0 Å². The average molecular weight is 360 g/mol. The van der Waals surface area contributed by atoms with Gasteiger partial charge >= 0.3 is 0 Å². The van der Waals surface area contributed by atoms with Crippen LogP contribution in [0.2, 0.25) is 0 Å². The van der Waals surface area contributed by atoms with E-state index in [1.807, 2.05) is 0 Å². The van der Waals surface area contributed by atoms with Crippen molar-refractivity contribution in [1.29, 1.82) is 0 Å². The van der Waals surface area contributed by atoms with Crippen molar-refractivity contribution < 1.29 is 17.6 Å². The molecule has 2 aromatic rings. The van der Waals surface area contributed by atoms with Crippen molar-refractivity contribution in [2.24, 2.45) is 5.92 Å². The van der Waals surface area contributed by atoms with Crippen molar-refractivity contribution in [2.75, 3.05) is 16.2 Å². The summed E-state index contributed by atoms with van der Waals surface area (Å²) in [7, 11) is -4.00. The van der Waals surface area contributed by atoms with E-state index in [9.17, 15) is 17.6 Å². The third-order valence-corrected chi connectivity index (χ3v) is 5.96. The van der Waals surface area contributed by atoms with Gasteiger partial charge in [-0.2, -0.15) is 0 Å². The van der Waals surface area contributed by atoms with Crippen LogP contribution in [0.25, 0.3) is 0 Å². The summed E-state index contributed by atoms with van der Waals surface area (Å²) in [5, 5.41) is 0. The fourth-order valence-electron chi connectivity index (χ4n) is 3.12. The molecule has 1 saturated carbocycles. The van der Waals surface area contributed by atoms with Gasteiger partial charge in [0.05, 0.1) is 0 Å². The van der Waals surface area contributed by atoms with E-state index in [-0.39, 0.29) is 16.7 Å². The molecule has 1 fully saturated rings. The van der Waals surface area contributed by atoms with Crippen molar-refractivity contribution in [3.63, 3.8) is 0 Å². The molecule has 1 aliphatic heterocycles. The number of hydrogen-bond acceptors (Lipinski definition) is 3. The minimum absolute atomic E-state index is 0.144. The molecule has 0 aromatic heterocycles. The third-order valence-electron chi connectivity index (χ3n) is 4.55. The highest BCUT2D eigenvalue weighted by Gasteiger charge is 2.36. The van der Waals surface area contributed by atoms with Crippen LogP contribution in [0.3, 0.4) is 0 Å². The van der Waals surface area contributed by atoms with Crippen LogP contribution in [-0.4, -0.2) is 20.9 Å². The first kappa shape index (κ1) is 16.1. The van der Waals surface area contributed by atoms with Gasteiger partial charge in [0.2, 0.25) is 5.91 Å². The number of carbonyl (C=O) groups excluding carboxylic acids is 1. The SMILES string of the molecule is O=C(C1CC1)N1CCc2cc(NS(=O)(=O)c3ccccc3F)ccc21. The molecule has 0 saturated heterocycles. The molecule has 130 valence electrons. The second kappa shape index (κ2) is 5.84. The molecule has 7 heteroatoms. The Balaban J connectivity index is 1.59. The smallest absolute Gasteiger partial charge is 0.264 e. The molecule has 2 aromatic carbocycles. The van der Waals surface area contributed by atoms with Gasteiger partial charge in [-0.1, -0.05) is 12.1 Å². The van der Waals surface area contributed by atoms with Crippen LogP contribution in [0.15, 0.2) is 47.4 Å². The first-order chi connectivity index (χ1) is 12.0. The fourth-order valence-corrected chi connectivity index (χ4v) is 4.25. The Morgan fingerprint density at radius 3 is 2.64 bits per heavy atom.